The van der Waals surface area contributed by atoms with Crippen LogP contribution in [0.15, 0.2) is 36.8 Å². The standard InChI is InChI=1S/C25H24ClFN6O/c1-13-10-28-23-22(19-6-3-17(26)9-20(19)27)31-24(32-25(23)30-13)15-7-14(2)34-21(8-15)16-11-29-33(12-16)18-4-5-18/h3,6,9-12,14-15,18,21H,4-5,7-8H2,1-2H3/t14-,15+,21+/m0/s1. The van der Waals surface area contributed by atoms with E-state index in [1.807, 2.05) is 17.8 Å². The van der Waals surface area contributed by atoms with Gasteiger partial charge in [-0.05, 0) is 57.7 Å². The highest BCUT2D eigenvalue weighted by Gasteiger charge is 2.33. The van der Waals surface area contributed by atoms with Gasteiger partial charge in [0.25, 0.3) is 0 Å². The van der Waals surface area contributed by atoms with Gasteiger partial charge >= 0.3 is 0 Å². The Morgan fingerprint density at radius 3 is 2.76 bits per heavy atom. The highest BCUT2D eigenvalue weighted by atomic mass is 35.5. The van der Waals surface area contributed by atoms with Gasteiger partial charge in [-0.2, -0.15) is 5.10 Å². The van der Waals surface area contributed by atoms with E-state index in [-0.39, 0.29) is 18.1 Å². The number of aryl methyl sites for hydroxylation is 1. The van der Waals surface area contributed by atoms with Gasteiger partial charge in [0.05, 0.1) is 30.1 Å². The first-order chi connectivity index (χ1) is 16.4. The number of fused-ring (bicyclic) bond motifs is 1. The maximum absolute atomic E-state index is 14.9. The molecular formula is C25H24ClFN6O. The van der Waals surface area contributed by atoms with E-state index in [9.17, 15) is 4.39 Å². The molecule has 0 amide bonds. The Hall–Kier alpha value is -2.97. The predicted octanol–water partition coefficient (Wildman–Crippen LogP) is 5.74. The van der Waals surface area contributed by atoms with Crippen molar-refractivity contribution in [3.63, 3.8) is 0 Å². The van der Waals surface area contributed by atoms with Crippen LogP contribution >= 0.6 is 11.6 Å². The lowest BCUT2D eigenvalue weighted by molar-refractivity contribution is -0.0511. The van der Waals surface area contributed by atoms with Crippen molar-refractivity contribution in [1.29, 1.82) is 0 Å². The van der Waals surface area contributed by atoms with Gasteiger partial charge in [0.2, 0.25) is 0 Å². The zero-order chi connectivity index (χ0) is 23.4. The SMILES string of the molecule is Cc1cnc2c(-c3ccc(Cl)cc3F)nc([C@@H]3C[C@H](C)O[C@@H](c4cnn(C5CC5)c4)C3)nc2n1. The third-order valence-corrected chi connectivity index (χ3v) is 6.76. The van der Waals surface area contributed by atoms with E-state index in [4.69, 9.17) is 26.3 Å². The van der Waals surface area contributed by atoms with Crippen molar-refractivity contribution >= 4 is 22.8 Å². The minimum atomic E-state index is -0.452. The molecule has 3 aromatic heterocycles. The van der Waals surface area contributed by atoms with Crippen LogP contribution in [0.5, 0.6) is 0 Å². The Morgan fingerprint density at radius 2 is 1.97 bits per heavy atom. The molecule has 0 bridgehead atoms. The molecule has 1 aliphatic heterocycles. The Kier molecular flexibility index (Phi) is 5.30. The number of nitrogens with zero attached hydrogens (tertiary/aromatic N) is 6. The van der Waals surface area contributed by atoms with Gasteiger partial charge in [-0.3, -0.25) is 4.68 Å². The first-order valence-corrected chi connectivity index (χ1v) is 12.0. The quantitative estimate of drug-likeness (QED) is 0.372. The van der Waals surface area contributed by atoms with Crippen LogP contribution in [-0.2, 0) is 4.74 Å². The van der Waals surface area contributed by atoms with E-state index in [2.05, 4.69) is 28.2 Å². The summed E-state index contributed by atoms with van der Waals surface area (Å²) in [5, 5.41) is 4.86. The number of aromatic nitrogens is 6. The van der Waals surface area contributed by atoms with Crippen LogP contribution < -0.4 is 0 Å². The Bertz CT molecular complexity index is 1390. The van der Waals surface area contributed by atoms with E-state index in [1.165, 1.54) is 18.9 Å². The fourth-order valence-electron chi connectivity index (χ4n) is 4.69. The molecule has 0 N–H and O–H groups in total. The second kappa shape index (κ2) is 8.36. The lowest BCUT2D eigenvalue weighted by Gasteiger charge is -2.33. The van der Waals surface area contributed by atoms with Crippen LogP contribution in [0.3, 0.4) is 0 Å². The number of hydrogen-bond donors (Lipinski definition) is 0. The van der Waals surface area contributed by atoms with Gasteiger partial charge in [0.1, 0.15) is 22.9 Å². The van der Waals surface area contributed by atoms with Crippen LogP contribution in [0.4, 0.5) is 4.39 Å². The van der Waals surface area contributed by atoms with Crippen molar-refractivity contribution in [3.05, 3.63) is 64.7 Å². The number of halogens is 2. The van der Waals surface area contributed by atoms with Crippen molar-refractivity contribution in [2.75, 3.05) is 0 Å². The van der Waals surface area contributed by atoms with Crippen LogP contribution in [0, 0.1) is 12.7 Å². The maximum Gasteiger partial charge on any atom is 0.182 e. The average molecular weight is 479 g/mol. The largest absolute Gasteiger partial charge is 0.370 e. The minimum Gasteiger partial charge on any atom is -0.370 e. The van der Waals surface area contributed by atoms with E-state index in [1.54, 1.807) is 18.3 Å². The predicted molar refractivity (Wildman–Crippen MR) is 126 cm³/mol. The molecule has 1 saturated heterocycles. The van der Waals surface area contributed by atoms with Gasteiger partial charge in [-0.15, -0.1) is 0 Å². The molecular weight excluding hydrogens is 455 g/mol. The molecule has 1 saturated carbocycles. The molecule has 0 unspecified atom stereocenters. The van der Waals surface area contributed by atoms with Crippen LogP contribution in [0.2, 0.25) is 5.02 Å². The lowest BCUT2D eigenvalue weighted by Crippen LogP contribution is -2.26. The monoisotopic (exact) mass is 478 g/mol. The smallest absolute Gasteiger partial charge is 0.182 e. The molecule has 4 aromatic rings. The van der Waals surface area contributed by atoms with Crippen LogP contribution in [-0.4, -0.2) is 35.8 Å². The van der Waals surface area contributed by atoms with E-state index in [0.717, 1.165) is 17.7 Å². The molecule has 2 fully saturated rings. The Labute approximate surface area is 201 Å². The molecule has 0 spiro atoms. The number of benzene rings is 1. The third-order valence-electron chi connectivity index (χ3n) is 6.52. The maximum atomic E-state index is 14.9. The van der Waals surface area contributed by atoms with E-state index in [0.29, 0.717) is 45.7 Å². The first kappa shape index (κ1) is 21.6. The summed E-state index contributed by atoms with van der Waals surface area (Å²) >= 11 is 5.99. The molecule has 174 valence electrons. The summed E-state index contributed by atoms with van der Waals surface area (Å²) in [5.41, 5.74) is 3.51. The molecule has 34 heavy (non-hydrogen) atoms. The molecule has 7 nitrogen and oxygen atoms in total. The molecule has 1 aromatic carbocycles. The summed E-state index contributed by atoms with van der Waals surface area (Å²) in [4.78, 5) is 18.7. The van der Waals surface area contributed by atoms with Crippen molar-refractivity contribution < 1.29 is 9.13 Å². The van der Waals surface area contributed by atoms with Crippen molar-refractivity contribution in [2.24, 2.45) is 0 Å². The van der Waals surface area contributed by atoms with Crippen LogP contribution in [0.25, 0.3) is 22.4 Å². The average Bonchev–Trinajstić information content (AvgIpc) is 3.54. The second-order valence-corrected chi connectivity index (χ2v) is 9.76. The first-order valence-electron chi connectivity index (χ1n) is 11.6. The molecule has 1 aliphatic carbocycles. The molecule has 9 heteroatoms. The third kappa shape index (κ3) is 4.05. The summed E-state index contributed by atoms with van der Waals surface area (Å²) in [7, 11) is 0. The summed E-state index contributed by atoms with van der Waals surface area (Å²) in [5.74, 6) is 0.205. The van der Waals surface area contributed by atoms with Gasteiger partial charge in [0.15, 0.2) is 5.65 Å². The Balaban J connectivity index is 1.41. The summed E-state index contributed by atoms with van der Waals surface area (Å²) in [6.07, 6.45) is 9.42. The summed E-state index contributed by atoms with van der Waals surface area (Å²) in [6, 6.07) is 5.09. The fourth-order valence-corrected chi connectivity index (χ4v) is 4.85. The van der Waals surface area contributed by atoms with Gasteiger partial charge < -0.3 is 4.74 Å². The topological polar surface area (TPSA) is 78.6 Å². The lowest BCUT2D eigenvalue weighted by atomic mass is 9.89. The van der Waals surface area contributed by atoms with Gasteiger partial charge in [-0.1, -0.05) is 11.6 Å². The van der Waals surface area contributed by atoms with Gasteiger partial charge in [0, 0.05) is 34.5 Å². The zero-order valence-corrected chi connectivity index (χ0v) is 19.7. The minimum absolute atomic E-state index is 0.0200. The number of hydrogen-bond acceptors (Lipinski definition) is 6. The number of ether oxygens (including phenoxy) is 1. The van der Waals surface area contributed by atoms with E-state index < -0.39 is 5.82 Å². The molecule has 6 rings (SSSR count). The van der Waals surface area contributed by atoms with Gasteiger partial charge in [-0.25, -0.2) is 24.3 Å². The zero-order valence-electron chi connectivity index (χ0n) is 18.9. The molecule has 3 atom stereocenters. The van der Waals surface area contributed by atoms with E-state index >= 15 is 0 Å². The number of rotatable bonds is 4. The van der Waals surface area contributed by atoms with Crippen molar-refractivity contribution in [2.45, 2.75) is 63.7 Å². The highest BCUT2D eigenvalue weighted by molar-refractivity contribution is 6.30. The normalized spacial score (nSPS) is 22.9. The van der Waals surface area contributed by atoms with Crippen molar-refractivity contribution in [1.82, 2.24) is 29.7 Å². The molecule has 4 heterocycles. The molecule has 2 aliphatic rings. The van der Waals surface area contributed by atoms with Crippen molar-refractivity contribution in [3.8, 4) is 11.3 Å². The highest BCUT2D eigenvalue weighted by Crippen LogP contribution is 2.41. The Morgan fingerprint density at radius 1 is 1.12 bits per heavy atom. The van der Waals surface area contributed by atoms with Crippen LogP contribution in [0.1, 0.15) is 67.8 Å². The molecule has 0 radical (unpaired) electrons. The summed E-state index contributed by atoms with van der Waals surface area (Å²) in [6.45, 7) is 3.93. The second-order valence-electron chi connectivity index (χ2n) is 9.33. The fraction of sp³-hybridized carbons (Fsp3) is 0.400. The summed E-state index contributed by atoms with van der Waals surface area (Å²) < 4.78 is 23.2.